The first kappa shape index (κ1) is 23.9. The van der Waals surface area contributed by atoms with E-state index in [9.17, 15) is 8.42 Å². The van der Waals surface area contributed by atoms with Gasteiger partial charge in [0.25, 0.3) is 0 Å². The number of halogens is 1. The molecule has 0 aliphatic carbocycles. The first-order chi connectivity index (χ1) is 10.8. The third kappa shape index (κ3) is 10.7. The van der Waals surface area contributed by atoms with Crippen molar-refractivity contribution in [3.8, 4) is 0 Å². The molecule has 0 saturated carbocycles. The second-order valence-electron chi connectivity index (χ2n) is 6.29. The lowest BCUT2D eigenvalue weighted by atomic mass is 10.0. The van der Waals surface area contributed by atoms with Crippen molar-refractivity contribution in [1.29, 1.82) is 0 Å². The smallest absolute Gasteiger partial charge is 0.191 e. The molecule has 0 atom stereocenters. The number of piperidine rings is 1. The number of likely N-dealkylation sites (tertiary alicyclic amines) is 1. The third-order valence-corrected chi connectivity index (χ3v) is 4.87. The number of aliphatic imine (C=N–C) groups is 1. The Morgan fingerprint density at radius 3 is 2.42 bits per heavy atom. The molecule has 0 bridgehead atoms. The van der Waals surface area contributed by atoms with Crippen LogP contribution < -0.4 is 10.6 Å². The Labute approximate surface area is 163 Å². The maximum Gasteiger partial charge on any atom is 0.191 e. The molecule has 1 heterocycles. The number of guanidine groups is 1. The summed E-state index contributed by atoms with van der Waals surface area (Å²) in [5.41, 5.74) is 0. The van der Waals surface area contributed by atoms with Crippen molar-refractivity contribution >= 4 is 39.8 Å². The average molecular weight is 476 g/mol. The standard InChI is InChI=1S/C15H32N4O3S.HI/c1-13(2)19-8-5-14(6-9-19)18-15(16-3)17-7-10-22-11-12-23(4,20)21;/h13-14H,5-12H2,1-4H3,(H2,16,17,18);1H. The lowest BCUT2D eigenvalue weighted by Gasteiger charge is -2.35. The molecule has 1 aliphatic rings. The van der Waals surface area contributed by atoms with Crippen LogP contribution in [0.1, 0.15) is 26.7 Å². The molecular formula is C15H33IN4O3S. The number of ether oxygens (including phenoxy) is 1. The molecule has 2 N–H and O–H groups in total. The predicted octanol–water partition coefficient (Wildman–Crippen LogP) is 0.703. The minimum absolute atomic E-state index is 0. The number of hydrogen-bond donors (Lipinski definition) is 2. The van der Waals surface area contributed by atoms with Crippen molar-refractivity contribution in [3.63, 3.8) is 0 Å². The van der Waals surface area contributed by atoms with Crippen LogP contribution >= 0.6 is 24.0 Å². The number of rotatable bonds is 8. The van der Waals surface area contributed by atoms with Crippen molar-refractivity contribution in [3.05, 3.63) is 0 Å². The molecule has 0 amide bonds. The average Bonchev–Trinajstić information content (AvgIpc) is 2.48. The first-order valence-electron chi connectivity index (χ1n) is 8.28. The molecule has 1 saturated heterocycles. The summed E-state index contributed by atoms with van der Waals surface area (Å²) in [5, 5.41) is 6.64. The summed E-state index contributed by atoms with van der Waals surface area (Å²) in [4.78, 5) is 6.71. The maximum absolute atomic E-state index is 11.0. The molecule has 0 radical (unpaired) electrons. The zero-order valence-corrected chi connectivity index (χ0v) is 18.4. The molecular weight excluding hydrogens is 443 g/mol. The summed E-state index contributed by atoms with van der Waals surface area (Å²) in [7, 11) is -1.19. The molecule has 1 fully saturated rings. The summed E-state index contributed by atoms with van der Waals surface area (Å²) in [6.07, 6.45) is 3.44. The summed E-state index contributed by atoms with van der Waals surface area (Å²) >= 11 is 0. The van der Waals surface area contributed by atoms with Gasteiger partial charge in [-0.15, -0.1) is 24.0 Å². The fraction of sp³-hybridized carbons (Fsp3) is 0.933. The van der Waals surface area contributed by atoms with Crippen LogP contribution in [-0.4, -0.2) is 83.3 Å². The Morgan fingerprint density at radius 2 is 1.92 bits per heavy atom. The lowest BCUT2D eigenvalue weighted by molar-refractivity contribution is 0.153. The topological polar surface area (TPSA) is 83.0 Å². The summed E-state index contributed by atoms with van der Waals surface area (Å²) in [6, 6.07) is 1.06. The van der Waals surface area contributed by atoms with Gasteiger partial charge in [0.2, 0.25) is 0 Å². The normalized spacial score (nSPS) is 17.6. The Balaban J connectivity index is 0.00000529. The summed E-state index contributed by atoms with van der Waals surface area (Å²) < 4.78 is 27.3. The van der Waals surface area contributed by atoms with E-state index in [1.807, 2.05) is 0 Å². The molecule has 144 valence electrons. The van der Waals surface area contributed by atoms with Crippen molar-refractivity contribution in [2.24, 2.45) is 4.99 Å². The van der Waals surface area contributed by atoms with Gasteiger partial charge in [-0.05, 0) is 26.7 Å². The van der Waals surface area contributed by atoms with Gasteiger partial charge in [-0.25, -0.2) is 8.42 Å². The van der Waals surface area contributed by atoms with Gasteiger partial charge < -0.3 is 20.3 Å². The van der Waals surface area contributed by atoms with E-state index >= 15 is 0 Å². The van der Waals surface area contributed by atoms with E-state index in [1.54, 1.807) is 7.05 Å². The van der Waals surface area contributed by atoms with E-state index in [-0.39, 0.29) is 36.3 Å². The van der Waals surface area contributed by atoms with Crippen LogP contribution in [0.5, 0.6) is 0 Å². The van der Waals surface area contributed by atoms with E-state index in [0.29, 0.717) is 25.2 Å². The van der Waals surface area contributed by atoms with Crippen LogP contribution in [0.25, 0.3) is 0 Å². The molecule has 0 aromatic heterocycles. The fourth-order valence-electron chi connectivity index (χ4n) is 2.50. The van der Waals surface area contributed by atoms with Gasteiger partial charge in [-0.1, -0.05) is 0 Å². The Bertz CT molecular complexity index is 463. The van der Waals surface area contributed by atoms with Gasteiger partial charge in [-0.3, -0.25) is 4.99 Å². The Kier molecular flexibility index (Phi) is 12.2. The highest BCUT2D eigenvalue weighted by molar-refractivity contribution is 14.0. The van der Waals surface area contributed by atoms with Gasteiger partial charge >= 0.3 is 0 Å². The zero-order chi connectivity index (χ0) is 17.3. The van der Waals surface area contributed by atoms with Gasteiger partial charge in [0.05, 0.1) is 19.0 Å². The van der Waals surface area contributed by atoms with Crippen LogP contribution in [-0.2, 0) is 14.6 Å². The molecule has 9 heteroatoms. The molecule has 24 heavy (non-hydrogen) atoms. The van der Waals surface area contributed by atoms with E-state index in [4.69, 9.17) is 4.74 Å². The molecule has 7 nitrogen and oxygen atoms in total. The number of nitrogens with one attached hydrogen (secondary N) is 2. The number of sulfone groups is 1. The van der Waals surface area contributed by atoms with E-state index < -0.39 is 9.84 Å². The molecule has 1 rings (SSSR count). The van der Waals surface area contributed by atoms with Crippen molar-refractivity contribution in [2.45, 2.75) is 38.8 Å². The van der Waals surface area contributed by atoms with E-state index in [0.717, 1.165) is 31.9 Å². The quantitative estimate of drug-likeness (QED) is 0.232. The lowest BCUT2D eigenvalue weighted by Crippen LogP contribution is -2.50. The van der Waals surface area contributed by atoms with Crippen LogP contribution in [0.3, 0.4) is 0 Å². The van der Waals surface area contributed by atoms with Crippen LogP contribution in [0, 0.1) is 0 Å². The minimum atomic E-state index is -2.95. The van der Waals surface area contributed by atoms with E-state index in [2.05, 4.69) is 34.4 Å². The summed E-state index contributed by atoms with van der Waals surface area (Å²) in [6.45, 7) is 7.99. The van der Waals surface area contributed by atoms with Gasteiger partial charge in [0.15, 0.2) is 5.96 Å². The van der Waals surface area contributed by atoms with Gasteiger partial charge in [-0.2, -0.15) is 0 Å². The first-order valence-corrected chi connectivity index (χ1v) is 10.3. The highest BCUT2D eigenvalue weighted by atomic mass is 127. The SMILES string of the molecule is CN=C(NCCOCCS(C)(=O)=O)NC1CCN(C(C)C)CC1.I. The molecule has 0 aromatic rings. The monoisotopic (exact) mass is 476 g/mol. The van der Waals surface area contributed by atoms with Gasteiger partial charge in [0, 0.05) is 45.0 Å². The van der Waals surface area contributed by atoms with Crippen LogP contribution in [0.15, 0.2) is 4.99 Å². The molecule has 0 unspecified atom stereocenters. The molecule has 1 aliphatic heterocycles. The van der Waals surface area contributed by atoms with Gasteiger partial charge in [0.1, 0.15) is 9.84 Å². The summed E-state index contributed by atoms with van der Waals surface area (Å²) in [5.74, 6) is 0.841. The highest BCUT2D eigenvalue weighted by Gasteiger charge is 2.21. The largest absolute Gasteiger partial charge is 0.379 e. The van der Waals surface area contributed by atoms with Crippen molar-refractivity contribution < 1.29 is 13.2 Å². The third-order valence-electron chi connectivity index (χ3n) is 3.96. The predicted molar refractivity (Wildman–Crippen MR) is 110 cm³/mol. The highest BCUT2D eigenvalue weighted by Crippen LogP contribution is 2.12. The maximum atomic E-state index is 11.0. The Hall–Kier alpha value is -0.130. The molecule has 0 spiro atoms. The van der Waals surface area contributed by atoms with Crippen LogP contribution in [0.2, 0.25) is 0 Å². The van der Waals surface area contributed by atoms with E-state index in [1.165, 1.54) is 6.26 Å². The minimum Gasteiger partial charge on any atom is -0.379 e. The number of hydrogen-bond acceptors (Lipinski definition) is 5. The second-order valence-corrected chi connectivity index (χ2v) is 8.55. The number of nitrogens with zero attached hydrogens (tertiary/aromatic N) is 2. The fourth-order valence-corrected chi connectivity index (χ4v) is 2.92. The van der Waals surface area contributed by atoms with Crippen molar-refractivity contribution in [1.82, 2.24) is 15.5 Å². The molecule has 0 aromatic carbocycles. The van der Waals surface area contributed by atoms with Crippen molar-refractivity contribution in [2.75, 3.05) is 51.9 Å². The zero-order valence-electron chi connectivity index (χ0n) is 15.2. The Morgan fingerprint density at radius 1 is 1.29 bits per heavy atom. The second kappa shape index (κ2) is 12.3. The van der Waals surface area contributed by atoms with Crippen LogP contribution in [0.4, 0.5) is 0 Å².